The molecular formula is C23H29IN8O2. The Balaban J connectivity index is 1.53. The first kappa shape index (κ1) is 24.3. The summed E-state index contributed by atoms with van der Waals surface area (Å²) in [4.78, 5) is 25.2. The molecule has 0 bridgehead atoms. The number of carbonyl (C=O) groups is 1. The first-order valence-corrected chi connectivity index (χ1v) is 12.5. The number of rotatable bonds is 7. The second-order valence-corrected chi connectivity index (χ2v) is 9.70. The molecule has 34 heavy (non-hydrogen) atoms. The van der Waals surface area contributed by atoms with Crippen molar-refractivity contribution in [3.63, 3.8) is 0 Å². The van der Waals surface area contributed by atoms with Crippen LogP contribution in [0.2, 0.25) is 0 Å². The van der Waals surface area contributed by atoms with Crippen LogP contribution in [-0.2, 0) is 11.3 Å². The molecule has 0 radical (unpaired) electrons. The molecule has 0 saturated carbocycles. The number of nitrogens with one attached hydrogen (secondary N) is 1. The third-order valence-electron chi connectivity index (χ3n) is 6.04. The lowest BCUT2D eigenvalue weighted by Crippen LogP contribution is -2.48. The van der Waals surface area contributed by atoms with Crippen molar-refractivity contribution in [2.24, 2.45) is 0 Å². The fourth-order valence-corrected chi connectivity index (χ4v) is 5.20. The first-order chi connectivity index (χ1) is 16.4. The molecular weight excluding hydrogens is 547 g/mol. The molecule has 3 N–H and O–H groups in total. The number of piperidine rings is 1. The second kappa shape index (κ2) is 10.6. The molecule has 1 saturated heterocycles. The highest BCUT2D eigenvalue weighted by Gasteiger charge is 2.32. The molecule has 11 heteroatoms. The molecule has 1 fully saturated rings. The lowest BCUT2D eigenvalue weighted by atomic mass is 10.0. The molecule has 2 unspecified atom stereocenters. The van der Waals surface area contributed by atoms with Crippen molar-refractivity contribution < 1.29 is 9.21 Å². The number of anilines is 2. The highest BCUT2D eigenvalue weighted by molar-refractivity contribution is 14.1. The number of amides is 1. The summed E-state index contributed by atoms with van der Waals surface area (Å²) >= 11 is 2.39. The zero-order valence-electron chi connectivity index (χ0n) is 19.5. The number of halogens is 1. The van der Waals surface area contributed by atoms with Crippen LogP contribution >= 0.6 is 22.6 Å². The van der Waals surface area contributed by atoms with Gasteiger partial charge in [0.25, 0.3) is 5.89 Å². The Morgan fingerprint density at radius 3 is 2.71 bits per heavy atom. The minimum Gasteiger partial charge on any atom is -0.414 e. The van der Waals surface area contributed by atoms with Crippen LogP contribution in [0, 0.1) is 0 Å². The highest BCUT2D eigenvalue weighted by atomic mass is 127. The molecule has 0 spiro atoms. The maximum atomic E-state index is 12.1. The summed E-state index contributed by atoms with van der Waals surface area (Å²) in [5.41, 5.74) is 8.48. The van der Waals surface area contributed by atoms with E-state index in [9.17, 15) is 4.79 Å². The summed E-state index contributed by atoms with van der Waals surface area (Å²) in [7, 11) is 3.80. The third-order valence-corrected chi connectivity index (χ3v) is 7.22. The van der Waals surface area contributed by atoms with Crippen LogP contribution in [0.15, 0.2) is 34.9 Å². The maximum absolute atomic E-state index is 12.1. The number of benzene rings is 1. The quantitative estimate of drug-likeness (QED) is 0.248. The fraction of sp³-hybridized carbons (Fsp3) is 0.435. The molecule has 1 aromatic carbocycles. The van der Waals surface area contributed by atoms with Crippen LogP contribution in [0.4, 0.5) is 11.6 Å². The van der Waals surface area contributed by atoms with E-state index in [0.717, 1.165) is 37.1 Å². The van der Waals surface area contributed by atoms with Gasteiger partial charge in [0.15, 0.2) is 11.5 Å². The van der Waals surface area contributed by atoms with Crippen LogP contribution in [0.3, 0.4) is 0 Å². The normalized spacial score (nSPS) is 18.2. The van der Waals surface area contributed by atoms with Crippen LogP contribution in [0.25, 0.3) is 23.0 Å². The van der Waals surface area contributed by atoms with Gasteiger partial charge < -0.3 is 25.3 Å². The summed E-state index contributed by atoms with van der Waals surface area (Å²) in [5.74, 6) is 1.72. The Kier molecular flexibility index (Phi) is 7.61. The summed E-state index contributed by atoms with van der Waals surface area (Å²) < 4.78 is 6.06. The lowest BCUT2D eigenvalue weighted by Gasteiger charge is -2.40. The topological polar surface area (TPSA) is 126 Å². The van der Waals surface area contributed by atoms with E-state index >= 15 is 0 Å². The Bertz CT molecular complexity index is 1140. The SMILES string of the molecule is CCC(=O)N(C)C1CCN(c2cnc(N)c(-c3nnc(-c4ccc(CNC)cc4)o3)n2)C(I)C1. The predicted octanol–water partition coefficient (Wildman–Crippen LogP) is 3.09. The zero-order chi connectivity index (χ0) is 24.2. The minimum atomic E-state index is 0.156. The van der Waals surface area contributed by atoms with Gasteiger partial charge in [0.2, 0.25) is 11.8 Å². The number of aromatic nitrogens is 4. The Hall–Kier alpha value is -2.80. The van der Waals surface area contributed by atoms with Gasteiger partial charge in [-0.25, -0.2) is 9.97 Å². The van der Waals surface area contributed by atoms with Gasteiger partial charge in [-0.2, -0.15) is 0 Å². The number of carbonyl (C=O) groups excluding carboxylic acids is 1. The number of hydrogen-bond acceptors (Lipinski definition) is 9. The fourth-order valence-electron chi connectivity index (χ4n) is 4.05. The number of nitrogen functional groups attached to an aromatic ring is 1. The van der Waals surface area contributed by atoms with Crippen LogP contribution in [0.1, 0.15) is 31.7 Å². The molecule has 1 aliphatic heterocycles. The number of nitrogens with two attached hydrogens (primary N) is 1. The molecule has 0 aliphatic carbocycles. The van der Waals surface area contributed by atoms with Gasteiger partial charge >= 0.3 is 0 Å². The van der Waals surface area contributed by atoms with Gasteiger partial charge in [0.1, 0.15) is 5.82 Å². The molecule has 4 rings (SSSR count). The number of nitrogens with zero attached hydrogens (tertiary/aromatic N) is 6. The van der Waals surface area contributed by atoms with Crippen molar-refractivity contribution in [1.82, 2.24) is 30.4 Å². The minimum absolute atomic E-state index is 0.156. The van der Waals surface area contributed by atoms with Crippen molar-refractivity contribution in [2.45, 2.75) is 42.8 Å². The van der Waals surface area contributed by atoms with Gasteiger partial charge in [-0.05, 0) is 37.6 Å². The van der Waals surface area contributed by atoms with Gasteiger partial charge in [0.05, 0.1) is 10.2 Å². The van der Waals surface area contributed by atoms with Gasteiger partial charge in [-0.1, -0.05) is 41.6 Å². The zero-order valence-corrected chi connectivity index (χ0v) is 21.7. The van der Waals surface area contributed by atoms with Gasteiger partial charge in [0, 0.05) is 38.2 Å². The Labute approximate surface area is 212 Å². The number of alkyl halides is 1. The predicted molar refractivity (Wildman–Crippen MR) is 139 cm³/mol. The van der Waals surface area contributed by atoms with E-state index in [-0.39, 0.29) is 27.7 Å². The molecule has 180 valence electrons. The van der Waals surface area contributed by atoms with Gasteiger partial charge in [-0.3, -0.25) is 4.79 Å². The number of hydrogen-bond donors (Lipinski definition) is 2. The summed E-state index contributed by atoms with van der Waals surface area (Å²) in [6.07, 6.45) is 3.89. The third kappa shape index (κ3) is 5.14. The van der Waals surface area contributed by atoms with Crippen molar-refractivity contribution in [1.29, 1.82) is 0 Å². The Morgan fingerprint density at radius 1 is 1.29 bits per heavy atom. The van der Waals surface area contributed by atoms with E-state index in [1.165, 1.54) is 0 Å². The summed E-state index contributed by atoms with van der Waals surface area (Å²) in [5, 5.41) is 11.5. The van der Waals surface area contributed by atoms with Crippen LogP contribution in [0.5, 0.6) is 0 Å². The molecule has 1 aliphatic rings. The van der Waals surface area contributed by atoms with E-state index in [1.807, 2.05) is 50.2 Å². The smallest absolute Gasteiger partial charge is 0.270 e. The van der Waals surface area contributed by atoms with Crippen LogP contribution in [-0.4, -0.2) is 61.7 Å². The lowest BCUT2D eigenvalue weighted by molar-refractivity contribution is -0.132. The Morgan fingerprint density at radius 2 is 2.03 bits per heavy atom. The van der Waals surface area contributed by atoms with Crippen molar-refractivity contribution in [3.8, 4) is 23.0 Å². The van der Waals surface area contributed by atoms with E-state index < -0.39 is 0 Å². The molecule has 2 atom stereocenters. The first-order valence-electron chi connectivity index (χ1n) is 11.3. The van der Waals surface area contributed by atoms with Crippen LogP contribution < -0.4 is 16.0 Å². The summed E-state index contributed by atoms with van der Waals surface area (Å²) in [6, 6.07) is 8.13. The average molecular weight is 576 g/mol. The molecule has 1 amide bonds. The van der Waals surface area contributed by atoms with Crippen molar-refractivity contribution in [3.05, 3.63) is 36.0 Å². The average Bonchev–Trinajstić information content (AvgIpc) is 3.34. The summed E-state index contributed by atoms with van der Waals surface area (Å²) in [6.45, 7) is 3.43. The van der Waals surface area contributed by atoms with E-state index in [0.29, 0.717) is 23.8 Å². The van der Waals surface area contributed by atoms with Gasteiger partial charge in [-0.15, -0.1) is 10.2 Å². The van der Waals surface area contributed by atoms with E-state index in [1.54, 1.807) is 6.20 Å². The standard InChI is InChI=1S/C23H29IN8O2/c1-4-19(33)31(3)16-9-10-32(17(24)11-16)18-13-27-21(25)20(28-18)23-30-29-22(34-23)15-7-5-14(6-8-15)12-26-2/h5-8,13,16-17,26H,4,9-12H2,1-3H3,(H2,25,27). The molecule has 2 aromatic heterocycles. The highest BCUT2D eigenvalue weighted by Crippen LogP contribution is 2.32. The maximum Gasteiger partial charge on any atom is 0.270 e. The van der Waals surface area contributed by atoms with Crippen molar-refractivity contribution in [2.75, 3.05) is 31.3 Å². The van der Waals surface area contributed by atoms with Crippen molar-refractivity contribution >= 4 is 40.1 Å². The second-order valence-electron chi connectivity index (χ2n) is 8.27. The van der Waals surface area contributed by atoms with E-state index in [2.05, 4.69) is 48.0 Å². The molecule has 3 aromatic rings. The van der Waals surface area contributed by atoms with E-state index in [4.69, 9.17) is 15.1 Å². The monoisotopic (exact) mass is 576 g/mol. The molecule has 10 nitrogen and oxygen atoms in total. The molecule has 3 heterocycles. The largest absolute Gasteiger partial charge is 0.414 e.